The van der Waals surface area contributed by atoms with Crippen LogP contribution in [-0.2, 0) is 5.60 Å². The van der Waals surface area contributed by atoms with Crippen molar-refractivity contribution in [2.24, 2.45) is 10.9 Å². The first-order valence-corrected chi connectivity index (χ1v) is 8.36. The van der Waals surface area contributed by atoms with Gasteiger partial charge in [0.05, 0.1) is 12.8 Å². The maximum Gasteiger partial charge on any atom is 0.193 e. The molecule has 6 nitrogen and oxygen atoms in total. The van der Waals surface area contributed by atoms with Crippen LogP contribution in [-0.4, -0.2) is 67.2 Å². The van der Waals surface area contributed by atoms with E-state index in [0.29, 0.717) is 18.2 Å². The predicted octanol–water partition coefficient (Wildman–Crippen LogP) is 1.95. The molecule has 0 aliphatic carbocycles. The van der Waals surface area contributed by atoms with Gasteiger partial charge in [0.15, 0.2) is 5.96 Å². The third-order valence-electron chi connectivity index (χ3n) is 4.15. The van der Waals surface area contributed by atoms with Crippen LogP contribution in [0.5, 0.6) is 0 Å². The lowest BCUT2D eigenvalue weighted by atomic mass is 10.0. The zero-order valence-electron chi connectivity index (χ0n) is 15.2. The fraction of sp³-hybridized carbons (Fsp3) is 0.706. The molecule has 1 atom stereocenters. The maximum absolute atomic E-state index is 10.5. The second kappa shape index (κ2) is 9.62. The number of hydrogen-bond acceptors (Lipinski definition) is 4. The Balaban J connectivity index is 0.00000288. The summed E-state index contributed by atoms with van der Waals surface area (Å²) >= 11 is 0. The van der Waals surface area contributed by atoms with Gasteiger partial charge in [0.25, 0.3) is 0 Å². The van der Waals surface area contributed by atoms with Crippen LogP contribution >= 0.6 is 24.0 Å². The zero-order chi connectivity index (χ0) is 16.9. The quantitative estimate of drug-likeness (QED) is 0.408. The van der Waals surface area contributed by atoms with Crippen LogP contribution in [0.1, 0.15) is 26.5 Å². The van der Waals surface area contributed by atoms with Crippen molar-refractivity contribution in [1.82, 2.24) is 15.1 Å². The Hall–Kier alpha value is -0.800. The average molecular weight is 450 g/mol. The third-order valence-corrected chi connectivity index (χ3v) is 4.15. The van der Waals surface area contributed by atoms with E-state index in [-0.39, 0.29) is 24.0 Å². The summed E-state index contributed by atoms with van der Waals surface area (Å²) < 4.78 is 5.31. The second-order valence-electron chi connectivity index (χ2n) is 6.83. The highest BCUT2D eigenvalue weighted by Gasteiger charge is 2.28. The van der Waals surface area contributed by atoms with Gasteiger partial charge in [-0.25, -0.2) is 0 Å². The van der Waals surface area contributed by atoms with Gasteiger partial charge < -0.3 is 19.7 Å². The van der Waals surface area contributed by atoms with E-state index in [9.17, 15) is 5.11 Å². The Labute approximate surface area is 162 Å². The van der Waals surface area contributed by atoms with E-state index in [0.717, 1.165) is 38.7 Å². The summed E-state index contributed by atoms with van der Waals surface area (Å²) in [4.78, 5) is 9.09. The highest BCUT2D eigenvalue weighted by molar-refractivity contribution is 14.0. The molecule has 0 bridgehead atoms. The molecule has 0 aromatic carbocycles. The van der Waals surface area contributed by atoms with Gasteiger partial charge in [-0.2, -0.15) is 0 Å². The summed E-state index contributed by atoms with van der Waals surface area (Å²) in [6.45, 7) is 11.8. The molecule has 2 heterocycles. The van der Waals surface area contributed by atoms with Crippen LogP contribution in [0.15, 0.2) is 27.8 Å². The molecule has 2 rings (SSSR count). The minimum atomic E-state index is -1.06. The number of nitrogens with one attached hydrogen (secondary N) is 1. The number of aliphatic hydroxyl groups is 1. The molecule has 2 N–H and O–H groups in total. The monoisotopic (exact) mass is 450 g/mol. The number of nitrogens with zero attached hydrogens (tertiary/aromatic N) is 3. The molecule has 0 spiro atoms. The summed E-state index contributed by atoms with van der Waals surface area (Å²) in [6.07, 6.45) is 1.58. The summed E-state index contributed by atoms with van der Waals surface area (Å²) in [6, 6.07) is 3.57. The Morgan fingerprint density at radius 3 is 2.54 bits per heavy atom. The van der Waals surface area contributed by atoms with Crippen molar-refractivity contribution in [1.29, 1.82) is 0 Å². The molecule has 0 saturated carbocycles. The number of aliphatic imine (C=N–C) groups is 1. The summed E-state index contributed by atoms with van der Waals surface area (Å²) in [7, 11) is 1.78. The number of piperazine rings is 1. The van der Waals surface area contributed by atoms with Crippen molar-refractivity contribution in [3.63, 3.8) is 0 Å². The van der Waals surface area contributed by atoms with Crippen molar-refractivity contribution in [3.05, 3.63) is 24.2 Å². The van der Waals surface area contributed by atoms with Crippen LogP contribution in [0.2, 0.25) is 0 Å². The van der Waals surface area contributed by atoms with E-state index in [4.69, 9.17) is 4.42 Å². The van der Waals surface area contributed by atoms with Crippen molar-refractivity contribution >= 4 is 29.9 Å². The van der Waals surface area contributed by atoms with Crippen LogP contribution in [0.3, 0.4) is 0 Å². The molecule has 1 saturated heterocycles. The molecule has 0 radical (unpaired) electrons. The summed E-state index contributed by atoms with van der Waals surface area (Å²) in [5.74, 6) is 2.09. The summed E-state index contributed by atoms with van der Waals surface area (Å²) in [5, 5.41) is 13.8. The first-order chi connectivity index (χ1) is 10.9. The fourth-order valence-electron chi connectivity index (χ4n) is 2.91. The number of guanidine groups is 1. The molecule has 24 heavy (non-hydrogen) atoms. The standard InChI is InChI=1S/C17H30N4O2.HI/c1-14(2)12-20-7-9-21(10-8-20)16(18-4)19-13-17(3,22)15-6-5-11-23-15;/h5-6,11,14,22H,7-10,12-13H2,1-4H3,(H,18,19);1H. The highest BCUT2D eigenvalue weighted by Crippen LogP contribution is 2.19. The van der Waals surface area contributed by atoms with Gasteiger partial charge >= 0.3 is 0 Å². The van der Waals surface area contributed by atoms with E-state index in [1.165, 1.54) is 0 Å². The molecule has 1 aliphatic heterocycles. The minimum Gasteiger partial charge on any atom is -0.466 e. The highest BCUT2D eigenvalue weighted by atomic mass is 127. The van der Waals surface area contributed by atoms with E-state index in [1.807, 2.05) is 0 Å². The number of halogens is 1. The normalized spacial score (nSPS) is 19.1. The molecule has 1 aromatic rings. The van der Waals surface area contributed by atoms with Gasteiger partial charge in [0.2, 0.25) is 0 Å². The van der Waals surface area contributed by atoms with Gasteiger partial charge in [-0.1, -0.05) is 13.8 Å². The number of furan rings is 1. The molecular weight excluding hydrogens is 419 g/mol. The van der Waals surface area contributed by atoms with Crippen molar-refractivity contribution in [2.75, 3.05) is 46.3 Å². The molecule has 1 fully saturated rings. The smallest absolute Gasteiger partial charge is 0.193 e. The molecule has 138 valence electrons. The van der Waals surface area contributed by atoms with E-state index >= 15 is 0 Å². The topological polar surface area (TPSA) is 64.2 Å². The van der Waals surface area contributed by atoms with Gasteiger partial charge in [0.1, 0.15) is 11.4 Å². The first kappa shape index (κ1) is 21.2. The predicted molar refractivity (Wildman–Crippen MR) is 108 cm³/mol. The van der Waals surface area contributed by atoms with Gasteiger partial charge in [-0.05, 0) is 25.0 Å². The van der Waals surface area contributed by atoms with Crippen LogP contribution in [0, 0.1) is 5.92 Å². The average Bonchev–Trinajstić information content (AvgIpc) is 3.04. The van der Waals surface area contributed by atoms with E-state index in [1.54, 1.807) is 32.4 Å². The third kappa shape index (κ3) is 5.93. The molecule has 1 aliphatic rings. The molecule has 1 unspecified atom stereocenters. The molecular formula is C17H31IN4O2. The Morgan fingerprint density at radius 2 is 2.04 bits per heavy atom. The van der Waals surface area contributed by atoms with Crippen LogP contribution in [0.4, 0.5) is 0 Å². The lowest BCUT2D eigenvalue weighted by Crippen LogP contribution is -2.54. The van der Waals surface area contributed by atoms with E-state index < -0.39 is 5.60 Å². The maximum atomic E-state index is 10.5. The van der Waals surface area contributed by atoms with Gasteiger partial charge in [-0.15, -0.1) is 24.0 Å². The molecule has 0 amide bonds. The van der Waals surface area contributed by atoms with Crippen molar-refractivity contribution in [3.8, 4) is 0 Å². The first-order valence-electron chi connectivity index (χ1n) is 8.36. The zero-order valence-corrected chi connectivity index (χ0v) is 17.5. The Bertz CT molecular complexity index is 495. The van der Waals surface area contributed by atoms with Crippen LogP contribution in [0.25, 0.3) is 0 Å². The largest absolute Gasteiger partial charge is 0.466 e. The summed E-state index contributed by atoms with van der Waals surface area (Å²) in [5.41, 5.74) is -1.06. The van der Waals surface area contributed by atoms with Crippen molar-refractivity contribution < 1.29 is 9.52 Å². The SMILES string of the molecule is CN=C(NCC(C)(O)c1ccco1)N1CCN(CC(C)C)CC1.I. The minimum absolute atomic E-state index is 0. The number of hydrogen-bond donors (Lipinski definition) is 2. The Kier molecular flexibility index (Phi) is 8.52. The number of rotatable bonds is 5. The van der Waals surface area contributed by atoms with Gasteiger partial charge in [-0.3, -0.25) is 9.89 Å². The lowest BCUT2D eigenvalue weighted by Gasteiger charge is -2.37. The van der Waals surface area contributed by atoms with E-state index in [2.05, 4.69) is 34.0 Å². The van der Waals surface area contributed by atoms with Crippen LogP contribution < -0.4 is 5.32 Å². The second-order valence-corrected chi connectivity index (χ2v) is 6.83. The Morgan fingerprint density at radius 1 is 1.38 bits per heavy atom. The molecule has 7 heteroatoms. The van der Waals surface area contributed by atoms with Crippen molar-refractivity contribution in [2.45, 2.75) is 26.4 Å². The van der Waals surface area contributed by atoms with Gasteiger partial charge in [0, 0.05) is 39.8 Å². The fourth-order valence-corrected chi connectivity index (χ4v) is 2.91. The lowest BCUT2D eigenvalue weighted by molar-refractivity contribution is 0.0376. The molecule has 1 aromatic heterocycles.